The molecule has 0 bridgehead atoms. The molecule has 1 N–H and O–H groups in total. The van der Waals surface area contributed by atoms with Gasteiger partial charge in [-0.05, 0) is 32.0 Å². The van der Waals surface area contributed by atoms with Crippen molar-refractivity contribution in [2.24, 2.45) is 0 Å². The number of anilines is 3. The standard InChI is InChI=1S/C24H29FN6O4/c1-16(2)34-24(32)31-7-5-18(6-8-31)35-23-19(14-26)22(27-15-28-23)29-21-4-3-17(13-20(21)25)30-9-11-33-12-10-30/h3-4,13,15-16,18H,5-12H2,1-2H3,(H,27,28,29). The molecule has 2 aliphatic heterocycles. The van der Waals surface area contributed by atoms with Gasteiger partial charge in [0.1, 0.15) is 24.3 Å². The van der Waals surface area contributed by atoms with Crippen LogP contribution in [-0.4, -0.2) is 72.6 Å². The van der Waals surface area contributed by atoms with Gasteiger partial charge in [-0.25, -0.2) is 19.2 Å². The van der Waals surface area contributed by atoms with Crippen molar-refractivity contribution in [1.82, 2.24) is 14.9 Å². The Kier molecular flexibility index (Phi) is 7.82. The van der Waals surface area contributed by atoms with E-state index in [1.54, 1.807) is 11.0 Å². The van der Waals surface area contributed by atoms with Crippen LogP contribution in [-0.2, 0) is 9.47 Å². The average molecular weight is 485 g/mol. The van der Waals surface area contributed by atoms with Gasteiger partial charge in [0.05, 0.1) is 25.0 Å². The maximum atomic E-state index is 14.9. The minimum atomic E-state index is -0.459. The lowest BCUT2D eigenvalue weighted by atomic mass is 10.1. The molecule has 0 saturated carbocycles. The number of ether oxygens (including phenoxy) is 3. The number of carbonyl (C=O) groups excluding carboxylic acids is 1. The Morgan fingerprint density at radius 2 is 1.97 bits per heavy atom. The van der Waals surface area contributed by atoms with Crippen molar-refractivity contribution in [2.45, 2.75) is 38.9 Å². The summed E-state index contributed by atoms with van der Waals surface area (Å²) in [5.74, 6) is -0.174. The van der Waals surface area contributed by atoms with E-state index >= 15 is 0 Å². The smallest absolute Gasteiger partial charge is 0.410 e. The van der Waals surface area contributed by atoms with Gasteiger partial charge in [-0.1, -0.05) is 0 Å². The summed E-state index contributed by atoms with van der Waals surface area (Å²) in [6, 6.07) is 6.96. The number of aromatic nitrogens is 2. The first-order valence-corrected chi connectivity index (χ1v) is 11.7. The van der Waals surface area contributed by atoms with Crippen LogP contribution >= 0.6 is 0 Å². The topological polar surface area (TPSA) is 113 Å². The highest BCUT2D eigenvalue weighted by Crippen LogP contribution is 2.29. The van der Waals surface area contributed by atoms with Crippen LogP contribution in [0.15, 0.2) is 24.5 Å². The molecule has 1 amide bonds. The zero-order valence-corrected chi connectivity index (χ0v) is 19.9. The van der Waals surface area contributed by atoms with Gasteiger partial charge in [0, 0.05) is 44.7 Å². The van der Waals surface area contributed by atoms with Gasteiger partial charge in [0.15, 0.2) is 11.4 Å². The number of carbonyl (C=O) groups is 1. The molecule has 2 aromatic rings. The van der Waals surface area contributed by atoms with Crippen molar-refractivity contribution in [3.63, 3.8) is 0 Å². The van der Waals surface area contributed by atoms with E-state index in [1.807, 2.05) is 19.9 Å². The lowest BCUT2D eigenvalue weighted by Crippen LogP contribution is -2.42. The van der Waals surface area contributed by atoms with Gasteiger partial charge in [0.2, 0.25) is 5.88 Å². The largest absolute Gasteiger partial charge is 0.473 e. The van der Waals surface area contributed by atoms with Gasteiger partial charge < -0.3 is 29.3 Å². The molecule has 0 radical (unpaired) electrons. The number of nitrogens with one attached hydrogen (secondary N) is 1. The number of likely N-dealkylation sites (tertiary alicyclic amines) is 1. The molecule has 3 heterocycles. The minimum absolute atomic E-state index is 0.0887. The molecular formula is C24H29FN6O4. The molecule has 2 aliphatic rings. The van der Waals surface area contributed by atoms with Crippen molar-refractivity contribution >= 4 is 23.3 Å². The molecule has 1 aromatic heterocycles. The van der Waals surface area contributed by atoms with Crippen LogP contribution < -0.4 is 15.0 Å². The van der Waals surface area contributed by atoms with E-state index in [1.165, 1.54) is 12.4 Å². The Hall–Kier alpha value is -3.65. The Labute approximate surface area is 203 Å². The van der Waals surface area contributed by atoms with Crippen molar-refractivity contribution < 1.29 is 23.4 Å². The average Bonchev–Trinajstić information content (AvgIpc) is 2.86. The first-order chi connectivity index (χ1) is 16.9. The number of nitrogens with zero attached hydrogens (tertiary/aromatic N) is 5. The number of piperidine rings is 1. The zero-order chi connectivity index (χ0) is 24.8. The second-order valence-corrected chi connectivity index (χ2v) is 8.64. The third-order valence-corrected chi connectivity index (χ3v) is 5.82. The Morgan fingerprint density at radius 1 is 1.23 bits per heavy atom. The summed E-state index contributed by atoms with van der Waals surface area (Å²) >= 11 is 0. The monoisotopic (exact) mass is 484 g/mol. The van der Waals surface area contributed by atoms with E-state index < -0.39 is 5.82 Å². The SMILES string of the molecule is CC(C)OC(=O)N1CCC(Oc2ncnc(Nc3ccc(N4CCOCC4)cc3F)c2C#N)CC1. The second-order valence-electron chi connectivity index (χ2n) is 8.64. The van der Waals surface area contributed by atoms with Crippen molar-refractivity contribution in [3.05, 3.63) is 35.9 Å². The molecule has 2 fully saturated rings. The van der Waals surface area contributed by atoms with Crippen LogP contribution in [0.25, 0.3) is 0 Å². The fourth-order valence-electron chi connectivity index (χ4n) is 4.00. The van der Waals surface area contributed by atoms with Crippen LogP contribution in [0.5, 0.6) is 5.88 Å². The van der Waals surface area contributed by atoms with E-state index in [0.717, 1.165) is 5.69 Å². The molecule has 0 atom stereocenters. The second kappa shape index (κ2) is 11.2. The molecule has 2 saturated heterocycles. The van der Waals surface area contributed by atoms with E-state index in [4.69, 9.17) is 14.2 Å². The van der Waals surface area contributed by atoms with E-state index in [0.29, 0.717) is 52.2 Å². The molecular weight excluding hydrogens is 455 g/mol. The molecule has 0 aliphatic carbocycles. The zero-order valence-electron chi connectivity index (χ0n) is 19.9. The maximum Gasteiger partial charge on any atom is 0.410 e. The van der Waals surface area contributed by atoms with E-state index in [2.05, 4.69) is 26.3 Å². The number of amides is 1. The molecule has 35 heavy (non-hydrogen) atoms. The summed E-state index contributed by atoms with van der Waals surface area (Å²) in [5, 5.41) is 12.7. The highest BCUT2D eigenvalue weighted by molar-refractivity contribution is 5.68. The van der Waals surface area contributed by atoms with Crippen molar-refractivity contribution in [2.75, 3.05) is 49.6 Å². The van der Waals surface area contributed by atoms with Crippen molar-refractivity contribution in [1.29, 1.82) is 5.26 Å². The molecule has 11 heteroatoms. The first-order valence-electron chi connectivity index (χ1n) is 11.7. The van der Waals surface area contributed by atoms with Crippen molar-refractivity contribution in [3.8, 4) is 11.9 Å². The number of halogens is 1. The third kappa shape index (κ3) is 6.08. The number of nitriles is 1. The summed E-state index contributed by atoms with van der Waals surface area (Å²) in [4.78, 5) is 24.0. The Morgan fingerprint density at radius 3 is 2.63 bits per heavy atom. The van der Waals surface area contributed by atoms with Gasteiger partial charge in [-0.2, -0.15) is 5.26 Å². The van der Waals surface area contributed by atoms with Crippen LogP contribution in [0.4, 0.5) is 26.4 Å². The number of rotatable bonds is 6. The summed E-state index contributed by atoms with van der Waals surface area (Å²) in [7, 11) is 0. The fourth-order valence-corrected chi connectivity index (χ4v) is 4.00. The Bertz CT molecular complexity index is 1080. The maximum absolute atomic E-state index is 14.9. The van der Waals surface area contributed by atoms with Crippen LogP contribution in [0.2, 0.25) is 0 Å². The Balaban J connectivity index is 1.42. The fraction of sp³-hybridized carbons (Fsp3) is 0.500. The molecule has 10 nitrogen and oxygen atoms in total. The predicted octanol–water partition coefficient (Wildman–Crippen LogP) is 3.46. The minimum Gasteiger partial charge on any atom is -0.473 e. The van der Waals surface area contributed by atoms with Gasteiger partial charge in [-0.15, -0.1) is 0 Å². The lowest BCUT2D eigenvalue weighted by Gasteiger charge is -2.31. The number of hydrogen-bond donors (Lipinski definition) is 1. The van der Waals surface area contributed by atoms with Gasteiger partial charge in [0.25, 0.3) is 0 Å². The molecule has 186 valence electrons. The number of morpholine rings is 1. The normalized spacial score (nSPS) is 16.7. The lowest BCUT2D eigenvalue weighted by molar-refractivity contribution is 0.0506. The summed E-state index contributed by atoms with van der Waals surface area (Å²) < 4.78 is 31.4. The predicted molar refractivity (Wildman–Crippen MR) is 126 cm³/mol. The quantitative estimate of drug-likeness (QED) is 0.659. The van der Waals surface area contributed by atoms with E-state index in [9.17, 15) is 14.4 Å². The van der Waals surface area contributed by atoms with Gasteiger partial charge >= 0.3 is 6.09 Å². The summed E-state index contributed by atoms with van der Waals surface area (Å²) in [6.45, 7) is 7.20. The van der Waals surface area contributed by atoms with E-state index in [-0.39, 0.29) is 41.2 Å². The molecule has 0 unspecified atom stereocenters. The third-order valence-electron chi connectivity index (χ3n) is 5.82. The van der Waals surface area contributed by atoms with Crippen LogP contribution in [0.1, 0.15) is 32.3 Å². The molecule has 1 aromatic carbocycles. The number of benzene rings is 1. The summed E-state index contributed by atoms with van der Waals surface area (Å²) in [5.41, 5.74) is 1.05. The first kappa shape index (κ1) is 24.5. The number of hydrogen-bond acceptors (Lipinski definition) is 9. The summed E-state index contributed by atoms with van der Waals surface area (Å²) in [6.07, 6.45) is 1.67. The molecule has 4 rings (SSSR count). The van der Waals surface area contributed by atoms with Crippen LogP contribution in [0, 0.1) is 17.1 Å². The molecule has 0 spiro atoms. The van der Waals surface area contributed by atoms with Gasteiger partial charge in [-0.3, -0.25) is 0 Å². The highest BCUT2D eigenvalue weighted by atomic mass is 19.1. The van der Waals surface area contributed by atoms with Crippen LogP contribution in [0.3, 0.4) is 0 Å². The highest BCUT2D eigenvalue weighted by Gasteiger charge is 2.27.